The SMILES string of the molecule is CCCC(NC(=O)[C@@H]1[C@H]2CCC[C@H]2CN1C(=O)OC(C)(C)C)C(O)C(=O)NC1CC1. The third-order valence-corrected chi connectivity index (χ3v) is 6.29. The van der Waals surface area contributed by atoms with Crippen LogP contribution in [0.1, 0.15) is 72.6 Å². The van der Waals surface area contributed by atoms with Gasteiger partial charge in [0.2, 0.25) is 5.91 Å². The summed E-state index contributed by atoms with van der Waals surface area (Å²) in [7, 11) is 0. The number of aliphatic hydroxyl groups is 1. The van der Waals surface area contributed by atoms with Gasteiger partial charge in [0.1, 0.15) is 11.6 Å². The molecule has 170 valence electrons. The Labute approximate surface area is 179 Å². The molecule has 3 amide bonds. The fourth-order valence-corrected chi connectivity index (χ4v) is 4.73. The summed E-state index contributed by atoms with van der Waals surface area (Å²) in [5, 5.41) is 16.3. The molecule has 0 aromatic carbocycles. The average molecular weight is 424 g/mol. The van der Waals surface area contributed by atoms with Gasteiger partial charge in [0, 0.05) is 12.6 Å². The van der Waals surface area contributed by atoms with Gasteiger partial charge in [0.25, 0.3) is 5.91 Å². The Hall–Kier alpha value is -1.83. The first-order valence-electron chi connectivity index (χ1n) is 11.4. The zero-order chi connectivity index (χ0) is 22.1. The van der Waals surface area contributed by atoms with Crippen molar-refractivity contribution in [3.8, 4) is 0 Å². The van der Waals surface area contributed by atoms with Crippen LogP contribution in [0, 0.1) is 11.8 Å². The number of fused-ring (bicyclic) bond motifs is 1. The van der Waals surface area contributed by atoms with E-state index in [4.69, 9.17) is 4.74 Å². The van der Waals surface area contributed by atoms with Crippen molar-refractivity contribution in [2.75, 3.05) is 6.54 Å². The molecule has 2 unspecified atom stereocenters. The van der Waals surface area contributed by atoms with Gasteiger partial charge in [-0.05, 0) is 64.7 Å². The number of rotatable bonds is 7. The van der Waals surface area contributed by atoms with Crippen molar-refractivity contribution in [2.45, 2.75) is 102 Å². The van der Waals surface area contributed by atoms with Crippen molar-refractivity contribution in [1.29, 1.82) is 0 Å². The molecule has 3 rings (SSSR count). The van der Waals surface area contributed by atoms with E-state index in [0.29, 0.717) is 25.3 Å². The van der Waals surface area contributed by atoms with Gasteiger partial charge < -0.3 is 20.5 Å². The first-order valence-corrected chi connectivity index (χ1v) is 11.4. The lowest BCUT2D eigenvalue weighted by molar-refractivity contribution is -0.134. The van der Waals surface area contributed by atoms with Crippen LogP contribution in [-0.2, 0) is 14.3 Å². The molecular formula is C22H37N3O5. The van der Waals surface area contributed by atoms with Gasteiger partial charge in [-0.25, -0.2) is 4.79 Å². The predicted molar refractivity (Wildman–Crippen MR) is 112 cm³/mol. The summed E-state index contributed by atoms with van der Waals surface area (Å²) >= 11 is 0. The molecule has 0 spiro atoms. The van der Waals surface area contributed by atoms with E-state index in [9.17, 15) is 19.5 Å². The molecule has 1 aliphatic heterocycles. The quantitative estimate of drug-likeness (QED) is 0.580. The first kappa shape index (κ1) is 22.8. The lowest BCUT2D eigenvalue weighted by Crippen LogP contribution is -2.56. The smallest absolute Gasteiger partial charge is 0.410 e. The Balaban J connectivity index is 1.71. The lowest BCUT2D eigenvalue weighted by Gasteiger charge is -2.31. The van der Waals surface area contributed by atoms with Crippen LogP contribution in [0.25, 0.3) is 0 Å². The highest BCUT2D eigenvalue weighted by Crippen LogP contribution is 2.42. The summed E-state index contributed by atoms with van der Waals surface area (Å²) < 4.78 is 5.55. The molecule has 5 atom stereocenters. The van der Waals surface area contributed by atoms with Crippen LogP contribution in [0.3, 0.4) is 0 Å². The molecule has 0 aromatic heterocycles. The van der Waals surface area contributed by atoms with E-state index >= 15 is 0 Å². The van der Waals surface area contributed by atoms with Crippen molar-refractivity contribution < 1.29 is 24.2 Å². The molecule has 0 bridgehead atoms. The monoisotopic (exact) mass is 423 g/mol. The van der Waals surface area contributed by atoms with E-state index in [1.807, 2.05) is 27.7 Å². The van der Waals surface area contributed by atoms with Gasteiger partial charge in [-0.1, -0.05) is 19.8 Å². The van der Waals surface area contributed by atoms with E-state index in [0.717, 1.165) is 32.1 Å². The molecule has 1 saturated heterocycles. The van der Waals surface area contributed by atoms with Crippen molar-refractivity contribution >= 4 is 17.9 Å². The predicted octanol–water partition coefficient (Wildman–Crippen LogP) is 1.95. The van der Waals surface area contributed by atoms with Crippen molar-refractivity contribution in [1.82, 2.24) is 15.5 Å². The van der Waals surface area contributed by atoms with Crippen LogP contribution in [0.4, 0.5) is 4.79 Å². The highest BCUT2D eigenvalue weighted by Gasteiger charge is 2.51. The molecule has 8 heteroatoms. The standard InChI is InChI=1S/C22H37N3O5/c1-5-7-16(18(26)20(28)23-14-10-11-14)24-19(27)17-15-9-6-8-13(15)12-25(17)21(29)30-22(2,3)4/h13-18,26H,5-12H2,1-4H3,(H,23,28)(H,24,27)/t13-,15-,16?,17-,18?/m0/s1. The van der Waals surface area contributed by atoms with E-state index in [1.165, 1.54) is 0 Å². The minimum atomic E-state index is -1.30. The summed E-state index contributed by atoms with van der Waals surface area (Å²) in [6.07, 6.45) is 4.22. The molecule has 2 aliphatic carbocycles. The Morgan fingerprint density at radius 3 is 2.47 bits per heavy atom. The maximum atomic E-state index is 13.3. The summed E-state index contributed by atoms with van der Waals surface area (Å²) in [4.78, 5) is 40.0. The van der Waals surface area contributed by atoms with Crippen LogP contribution < -0.4 is 10.6 Å². The molecule has 3 fully saturated rings. The molecule has 8 nitrogen and oxygen atoms in total. The average Bonchev–Trinajstić information content (AvgIpc) is 3.21. The summed E-state index contributed by atoms with van der Waals surface area (Å²) in [6.45, 7) is 7.88. The van der Waals surface area contributed by atoms with Crippen LogP contribution in [-0.4, -0.2) is 64.3 Å². The first-order chi connectivity index (χ1) is 14.1. The molecule has 3 N–H and O–H groups in total. The van der Waals surface area contributed by atoms with Crippen LogP contribution in [0.2, 0.25) is 0 Å². The number of nitrogens with zero attached hydrogens (tertiary/aromatic N) is 1. The molecule has 0 aromatic rings. The highest BCUT2D eigenvalue weighted by atomic mass is 16.6. The van der Waals surface area contributed by atoms with E-state index in [2.05, 4.69) is 10.6 Å². The number of carbonyl (C=O) groups is 3. The maximum Gasteiger partial charge on any atom is 0.410 e. The van der Waals surface area contributed by atoms with Gasteiger partial charge in [0.15, 0.2) is 6.10 Å². The molecule has 1 heterocycles. The minimum absolute atomic E-state index is 0.0947. The number of nitrogens with one attached hydrogen (secondary N) is 2. The van der Waals surface area contributed by atoms with Crippen molar-refractivity contribution in [3.05, 3.63) is 0 Å². The molecule has 2 saturated carbocycles. The summed E-state index contributed by atoms with van der Waals surface area (Å²) in [6, 6.07) is -1.16. The third-order valence-electron chi connectivity index (χ3n) is 6.29. The fraction of sp³-hybridized carbons (Fsp3) is 0.864. The number of hydrogen-bond acceptors (Lipinski definition) is 5. The van der Waals surface area contributed by atoms with Gasteiger partial charge in [-0.3, -0.25) is 14.5 Å². The van der Waals surface area contributed by atoms with Crippen LogP contribution in [0.5, 0.6) is 0 Å². The van der Waals surface area contributed by atoms with Gasteiger partial charge in [-0.2, -0.15) is 0 Å². The number of aliphatic hydroxyl groups excluding tert-OH is 1. The largest absolute Gasteiger partial charge is 0.444 e. The zero-order valence-corrected chi connectivity index (χ0v) is 18.6. The Morgan fingerprint density at radius 2 is 1.87 bits per heavy atom. The number of hydrogen-bond donors (Lipinski definition) is 3. The molecule has 0 radical (unpaired) electrons. The molecular weight excluding hydrogens is 386 g/mol. The fourth-order valence-electron chi connectivity index (χ4n) is 4.73. The van der Waals surface area contributed by atoms with Gasteiger partial charge in [0.05, 0.1) is 6.04 Å². The Kier molecular flexibility index (Phi) is 6.95. The molecule has 3 aliphatic rings. The highest BCUT2D eigenvalue weighted by molar-refractivity contribution is 5.88. The van der Waals surface area contributed by atoms with Gasteiger partial charge in [-0.15, -0.1) is 0 Å². The van der Waals surface area contributed by atoms with E-state index in [1.54, 1.807) is 4.90 Å². The zero-order valence-electron chi connectivity index (χ0n) is 18.6. The normalized spacial score (nSPS) is 27.9. The second-order valence-corrected chi connectivity index (χ2v) is 10.1. The second-order valence-electron chi connectivity index (χ2n) is 10.1. The minimum Gasteiger partial charge on any atom is -0.444 e. The summed E-state index contributed by atoms with van der Waals surface area (Å²) in [5.41, 5.74) is -0.641. The number of likely N-dealkylation sites (tertiary alicyclic amines) is 1. The number of ether oxygens (including phenoxy) is 1. The Morgan fingerprint density at radius 1 is 1.17 bits per heavy atom. The van der Waals surface area contributed by atoms with Crippen LogP contribution in [0.15, 0.2) is 0 Å². The van der Waals surface area contributed by atoms with Crippen molar-refractivity contribution in [3.63, 3.8) is 0 Å². The molecule has 30 heavy (non-hydrogen) atoms. The number of amides is 3. The second kappa shape index (κ2) is 9.12. The van der Waals surface area contributed by atoms with Crippen molar-refractivity contribution in [2.24, 2.45) is 11.8 Å². The Bertz CT molecular complexity index is 658. The topological polar surface area (TPSA) is 108 Å². The van der Waals surface area contributed by atoms with Gasteiger partial charge >= 0.3 is 6.09 Å². The van der Waals surface area contributed by atoms with Crippen LogP contribution >= 0.6 is 0 Å². The number of carbonyl (C=O) groups excluding carboxylic acids is 3. The van der Waals surface area contributed by atoms with E-state index in [-0.39, 0.29) is 17.9 Å². The maximum absolute atomic E-state index is 13.3. The summed E-state index contributed by atoms with van der Waals surface area (Å²) in [5.74, 6) is -0.351. The van der Waals surface area contributed by atoms with E-state index < -0.39 is 35.8 Å². The third kappa shape index (κ3) is 5.45. The lowest BCUT2D eigenvalue weighted by atomic mass is 9.93.